The molecule has 2 aromatic rings. The van der Waals surface area contributed by atoms with Gasteiger partial charge in [-0.3, -0.25) is 9.48 Å². The second-order valence-electron chi connectivity index (χ2n) is 5.73. The lowest BCUT2D eigenvalue weighted by Gasteiger charge is -2.21. The summed E-state index contributed by atoms with van der Waals surface area (Å²) >= 11 is 0. The van der Waals surface area contributed by atoms with Crippen LogP contribution in [0.2, 0.25) is 0 Å². The van der Waals surface area contributed by atoms with E-state index in [1.54, 1.807) is 10.9 Å². The first-order chi connectivity index (χ1) is 11.0. The van der Waals surface area contributed by atoms with E-state index in [0.29, 0.717) is 6.42 Å². The Labute approximate surface area is 130 Å². The van der Waals surface area contributed by atoms with Crippen LogP contribution in [0.25, 0.3) is 0 Å². The number of fused-ring (bicyclic) bond motifs is 1. The summed E-state index contributed by atoms with van der Waals surface area (Å²) in [6, 6.07) is 2.08. The van der Waals surface area contributed by atoms with Gasteiger partial charge in [0, 0.05) is 11.3 Å². The fraction of sp³-hybridized carbons (Fsp3) is 0.375. The van der Waals surface area contributed by atoms with Crippen LogP contribution in [0.4, 0.5) is 13.2 Å². The van der Waals surface area contributed by atoms with Crippen molar-refractivity contribution in [1.82, 2.24) is 9.78 Å². The molecule has 0 amide bonds. The minimum Gasteiger partial charge on any atom is -0.481 e. The lowest BCUT2D eigenvalue weighted by Crippen LogP contribution is -2.16. The summed E-state index contributed by atoms with van der Waals surface area (Å²) in [7, 11) is 0. The normalized spacial score (nSPS) is 17.1. The average molecular weight is 324 g/mol. The highest BCUT2D eigenvalue weighted by Gasteiger charge is 2.26. The van der Waals surface area contributed by atoms with Crippen molar-refractivity contribution in [3.05, 3.63) is 52.6 Å². The fourth-order valence-electron chi connectivity index (χ4n) is 3.12. The summed E-state index contributed by atoms with van der Waals surface area (Å²) in [5.74, 6) is -4.92. The van der Waals surface area contributed by atoms with Gasteiger partial charge in [-0.15, -0.1) is 0 Å². The summed E-state index contributed by atoms with van der Waals surface area (Å²) < 4.78 is 41.7. The molecule has 7 heteroatoms. The first kappa shape index (κ1) is 15.6. The van der Waals surface area contributed by atoms with Crippen LogP contribution in [0.1, 0.15) is 42.0 Å². The van der Waals surface area contributed by atoms with E-state index in [1.807, 2.05) is 0 Å². The van der Waals surface area contributed by atoms with Crippen molar-refractivity contribution in [2.24, 2.45) is 0 Å². The number of hydrogen-bond acceptors (Lipinski definition) is 2. The Morgan fingerprint density at radius 2 is 2.09 bits per heavy atom. The number of carbonyl (C=O) groups is 1. The standard InChI is InChI=1S/C16H15F3N2O2/c17-12-5-4-10(15(18)16(12)19)8-21-13-3-1-2-9(6-14(22)23)11(13)7-20-21/h4-5,7,9H,1-3,6,8H2,(H,22,23). The minimum absolute atomic E-state index is 0.00941. The molecule has 0 bridgehead atoms. The smallest absolute Gasteiger partial charge is 0.303 e. The van der Waals surface area contributed by atoms with Gasteiger partial charge >= 0.3 is 5.97 Å². The van der Waals surface area contributed by atoms with Gasteiger partial charge in [-0.05, 0) is 36.8 Å². The maximum Gasteiger partial charge on any atom is 0.303 e. The molecule has 1 N–H and O–H groups in total. The highest BCUT2D eigenvalue weighted by Crippen LogP contribution is 2.34. The summed E-state index contributed by atoms with van der Waals surface area (Å²) in [5, 5.41) is 13.2. The second kappa shape index (κ2) is 6.06. The lowest BCUT2D eigenvalue weighted by molar-refractivity contribution is -0.137. The van der Waals surface area contributed by atoms with E-state index in [-0.39, 0.29) is 24.4 Å². The molecule has 0 fully saturated rings. The molecule has 1 aliphatic rings. The van der Waals surface area contributed by atoms with Crippen LogP contribution in [0.5, 0.6) is 0 Å². The van der Waals surface area contributed by atoms with E-state index in [9.17, 15) is 18.0 Å². The molecule has 4 nitrogen and oxygen atoms in total. The molecule has 1 aromatic heterocycles. The van der Waals surface area contributed by atoms with Crippen molar-refractivity contribution in [2.45, 2.75) is 38.1 Å². The molecule has 122 valence electrons. The van der Waals surface area contributed by atoms with Gasteiger partial charge in [-0.1, -0.05) is 6.07 Å². The number of rotatable bonds is 4. The second-order valence-corrected chi connectivity index (χ2v) is 5.73. The Bertz CT molecular complexity index is 758. The number of benzene rings is 1. The molecule has 1 atom stereocenters. The molecule has 23 heavy (non-hydrogen) atoms. The van der Waals surface area contributed by atoms with Crippen molar-refractivity contribution in [3.8, 4) is 0 Å². The third kappa shape index (κ3) is 2.95. The van der Waals surface area contributed by atoms with Gasteiger partial charge in [0.25, 0.3) is 0 Å². The van der Waals surface area contributed by atoms with E-state index in [0.717, 1.165) is 30.2 Å². The third-order valence-corrected chi connectivity index (χ3v) is 4.24. The third-order valence-electron chi connectivity index (χ3n) is 4.24. The van der Waals surface area contributed by atoms with E-state index in [4.69, 9.17) is 5.11 Å². The largest absolute Gasteiger partial charge is 0.481 e. The van der Waals surface area contributed by atoms with Crippen molar-refractivity contribution >= 4 is 5.97 Å². The molecule has 1 unspecified atom stereocenters. The van der Waals surface area contributed by atoms with E-state index in [1.165, 1.54) is 6.07 Å². The number of carboxylic acids is 1. The molecule has 0 saturated carbocycles. The van der Waals surface area contributed by atoms with Gasteiger partial charge in [-0.2, -0.15) is 5.10 Å². The summed E-state index contributed by atoms with van der Waals surface area (Å²) in [6.07, 6.45) is 3.91. The zero-order valence-electron chi connectivity index (χ0n) is 12.2. The molecule has 1 heterocycles. The average Bonchev–Trinajstić information content (AvgIpc) is 2.92. The monoisotopic (exact) mass is 324 g/mol. The number of nitrogens with zero attached hydrogens (tertiary/aromatic N) is 2. The summed E-state index contributed by atoms with van der Waals surface area (Å²) in [5.41, 5.74) is 1.70. The lowest BCUT2D eigenvalue weighted by atomic mass is 9.85. The van der Waals surface area contributed by atoms with Crippen molar-refractivity contribution < 1.29 is 23.1 Å². The van der Waals surface area contributed by atoms with Crippen molar-refractivity contribution in [2.75, 3.05) is 0 Å². The first-order valence-corrected chi connectivity index (χ1v) is 7.36. The Morgan fingerprint density at radius 1 is 1.30 bits per heavy atom. The van der Waals surface area contributed by atoms with Gasteiger partial charge in [0.15, 0.2) is 17.5 Å². The summed E-state index contributed by atoms with van der Waals surface area (Å²) in [6.45, 7) is -0.0157. The maximum absolute atomic E-state index is 13.8. The summed E-state index contributed by atoms with van der Waals surface area (Å²) in [4.78, 5) is 10.9. The molecule has 3 rings (SSSR count). The topological polar surface area (TPSA) is 55.1 Å². The zero-order chi connectivity index (χ0) is 16.6. The zero-order valence-corrected chi connectivity index (χ0v) is 12.2. The molecule has 0 aliphatic heterocycles. The van der Waals surface area contributed by atoms with Crippen LogP contribution in [-0.2, 0) is 17.8 Å². The predicted octanol–water partition coefficient (Wildman–Crippen LogP) is 3.24. The minimum atomic E-state index is -1.49. The number of hydrogen-bond donors (Lipinski definition) is 1. The highest BCUT2D eigenvalue weighted by molar-refractivity contribution is 5.68. The Balaban J connectivity index is 1.90. The Kier molecular flexibility index (Phi) is 4.11. The SMILES string of the molecule is O=C(O)CC1CCCc2c1cnn2Cc1ccc(F)c(F)c1F. The van der Waals surface area contributed by atoms with Crippen LogP contribution in [0.3, 0.4) is 0 Å². The Morgan fingerprint density at radius 3 is 2.83 bits per heavy atom. The number of aliphatic carboxylic acids is 1. The van der Waals surface area contributed by atoms with Crippen molar-refractivity contribution in [1.29, 1.82) is 0 Å². The van der Waals surface area contributed by atoms with E-state index in [2.05, 4.69) is 5.10 Å². The van der Waals surface area contributed by atoms with E-state index >= 15 is 0 Å². The predicted molar refractivity (Wildman–Crippen MR) is 75.6 cm³/mol. The van der Waals surface area contributed by atoms with Gasteiger partial charge < -0.3 is 5.11 Å². The molecule has 0 spiro atoms. The van der Waals surface area contributed by atoms with Crippen LogP contribution in [0, 0.1) is 17.5 Å². The number of carboxylic acid groups (broad SMARTS) is 1. The first-order valence-electron chi connectivity index (χ1n) is 7.36. The highest BCUT2D eigenvalue weighted by atomic mass is 19.2. The van der Waals surface area contributed by atoms with Crippen LogP contribution in [0.15, 0.2) is 18.3 Å². The van der Waals surface area contributed by atoms with Crippen LogP contribution >= 0.6 is 0 Å². The number of halogens is 3. The molecular weight excluding hydrogens is 309 g/mol. The van der Waals surface area contributed by atoms with Gasteiger partial charge in [-0.25, -0.2) is 13.2 Å². The quantitative estimate of drug-likeness (QED) is 0.879. The van der Waals surface area contributed by atoms with Crippen LogP contribution < -0.4 is 0 Å². The molecule has 1 aromatic carbocycles. The van der Waals surface area contributed by atoms with Crippen LogP contribution in [-0.4, -0.2) is 20.9 Å². The maximum atomic E-state index is 13.8. The Hall–Kier alpha value is -2.31. The van der Waals surface area contributed by atoms with Gasteiger partial charge in [0.1, 0.15) is 0 Å². The van der Waals surface area contributed by atoms with Gasteiger partial charge in [0.05, 0.1) is 19.2 Å². The molecule has 1 aliphatic carbocycles. The fourth-order valence-corrected chi connectivity index (χ4v) is 3.12. The molecule has 0 saturated heterocycles. The van der Waals surface area contributed by atoms with Gasteiger partial charge in [0.2, 0.25) is 0 Å². The molecule has 0 radical (unpaired) electrons. The van der Waals surface area contributed by atoms with E-state index < -0.39 is 23.4 Å². The van der Waals surface area contributed by atoms with Crippen molar-refractivity contribution in [3.63, 3.8) is 0 Å². The number of aromatic nitrogens is 2. The molecular formula is C16H15F3N2O2.